The minimum atomic E-state index is 0.196. The summed E-state index contributed by atoms with van der Waals surface area (Å²) in [6.07, 6.45) is 10.5. The summed E-state index contributed by atoms with van der Waals surface area (Å²) in [6.45, 7) is 6.19. The van der Waals surface area contributed by atoms with Gasteiger partial charge in [-0.2, -0.15) is 0 Å². The highest BCUT2D eigenvalue weighted by Crippen LogP contribution is 2.32. The SMILES string of the molecule is C=CCN1C[C@H](c2nc3ccccc3n2CCC2CCCCC2)CC1=O. The number of hydrogen-bond donors (Lipinski definition) is 0. The zero-order chi connectivity index (χ0) is 17.9. The van der Waals surface area contributed by atoms with Crippen LogP contribution < -0.4 is 0 Å². The Labute approximate surface area is 155 Å². The molecule has 1 saturated heterocycles. The lowest BCUT2D eigenvalue weighted by molar-refractivity contribution is -0.127. The predicted octanol–water partition coefficient (Wildman–Crippen LogP) is 4.51. The molecule has 0 unspecified atom stereocenters. The van der Waals surface area contributed by atoms with Crippen molar-refractivity contribution in [3.05, 3.63) is 42.7 Å². The first-order valence-corrected chi connectivity index (χ1v) is 10.1. The molecule has 1 aliphatic heterocycles. The first kappa shape index (κ1) is 17.3. The van der Waals surface area contributed by atoms with E-state index < -0.39 is 0 Å². The highest BCUT2D eigenvalue weighted by atomic mass is 16.2. The van der Waals surface area contributed by atoms with Crippen LogP contribution in [0.1, 0.15) is 56.7 Å². The summed E-state index contributed by atoms with van der Waals surface area (Å²) < 4.78 is 2.40. The molecule has 4 nitrogen and oxygen atoms in total. The van der Waals surface area contributed by atoms with Gasteiger partial charge in [0.15, 0.2) is 0 Å². The second-order valence-electron chi connectivity index (χ2n) is 7.89. The standard InChI is InChI=1S/C22H29N3O/c1-2-13-24-16-18(15-21(24)26)22-23-19-10-6-7-11-20(19)25(22)14-12-17-8-4-3-5-9-17/h2,6-7,10-11,17-18H,1,3-5,8-9,12-16H2/t18-/m1/s1. The average Bonchev–Trinajstić information content (AvgIpc) is 3.22. The molecule has 1 aromatic heterocycles. The first-order chi connectivity index (χ1) is 12.8. The highest BCUT2D eigenvalue weighted by molar-refractivity contribution is 5.81. The number of hydrogen-bond acceptors (Lipinski definition) is 2. The van der Waals surface area contributed by atoms with E-state index in [0.29, 0.717) is 13.0 Å². The number of carbonyl (C=O) groups excluding carboxylic acids is 1. The molecule has 1 atom stereocenters. The van der Waals surface area contributed by atoms with Gasteiger partial charge < -0.3 is 9.47 Å². The maximum Gasteiger partial charge on any atom is 0.223 e. The van der Waals surface area contributed by atoms with Gasteiger partial charge in [0.2, 0.25) is 5.91 Å². The van der Waals surface area contributed by atoms with Crippen LogP contribution in [0.2, 0.25) is 0 Å². The number of nitrogens with zero attached hydrogens (tertiary/aromatic N) is 3. The van der Waals surface area contributed by atoms with Crippen LogP contribution in [0.15, 0.2) is 36.9 Å². The summed E-state index contributed by atoms with van der Waals surface area (Å²) >= 11 is 0. The second kappa shape index (κ2) is 7.65. The van der Waals surface area contributed by atoms with Crippen LogP contribution in [0.4, 0.5) is 0 Å². The number of imidazole rings is 1. The average molecular weight is 351 g/mol. The minimum absolute atomic E-state index is 0.196. The quantitative estimate of drug-likeness (QED) is 0.718. The summed E-state index contributed by atoms with van der Waals surface area (Å²) in [5.41, 5.74) is 2.27. The van der Waals surface area contributed by atoms with E-state index in [1.165, 1.54) is 44.0 Å². The molecule has 4 rings (SSSR count). The van der Waals surface area contributed by atoms with Gasteiger partial charge in [-0.3, -0.25) is 4.79 Å². The Bertz CT molecular complexity index is 788. The van der Waals surface area contributed by atoms with Crippen molar-refractivity contribution in [1.82, 2.24) is 14.5 Å². The maximum absolute atomic E-state index is 12.3. The topological polar surface area (TPSA) is 38.1 Å². The summed E-state index contributed by atoms with van der Waals surface area (Å²) in [5, 5.41) is 0. The molecular weight excluding hydrogens is 322 g/mol. The lowest BCUT2D eigenvalue weighted by Crippen LogP contribution is -2.25. The number of rotatable bonds is 6. The largest absolute Gasteiger partial charge is 0.338 e. The molecule has 2 heterocycles. The van der Waals surface area contributed by atoms with Gasteiger partial charge >= 0.3 is 0 Å². The van der Waals surface area contributed by atoms with Crippen LogP contribution in [0.5, 0.6) is 0 Å². The molecule has 1 saturated carbocycles. The molecular formula is C22H29N3O. The van der Waals surface area contributed by atoms with Crippen LogP contribution in [0, 0.1) is 5.92 Å². The van der Waals surface area contributed by atoms with Gasteiger partial charge in [-0.1, -0.05) is 50.3 Å². The van der Waals surface area contributed by atoms with E-state index in [9.17, 15) is 4.79 Å². The third kappa shape index (κ3) is 3.42. The summed E-state index contributed by atoms with van der Waals surface area (Å²) in [6, 6.07) is 8.41. The molecule has 0 N–H and O–H groups in total. The van der Waals surface area contributed by atoms with Crippen molar-refractivity contribution in [2.75, 3.05) is 13.1 Å². The Hall–Kier alpha value is -2.10. The van der Waals surface area contributed by atoms with Crippen molar-refractivity contribution in [1.29, 1.82) is 0 Å². The van der Waals surface area contributed by atoms with E-state index in [2.05, 4.69) is 35.4 Å². The van der Waals surface area contributed by atoms with Crippen molar-refractivity contribution in [3.8, 4) is 0 Å². The van der Waals surface area contributed by atoms with Gasteiger partial charge in [0.25, 0.3) is 0 Å². The van der Waals surface area contributed by atoms with Gasteiger partial charge in [0.1, 0.15) is 5.82 Å². The zero-order valence-electron chi connectivity index (χ0n) is 15.6. The van der Waals surface area contributed by atoms with Crippen molar-refractivity contribution < 1.29 is 4.79 Å². The van der Waals surface area contributed by atoms with Gasteiger partial charge in [-0.25, -0.2) is 4.98 Å². The monoisotopic (exact) mass is 351 g/mol. The summed E-state index contributed by atoms with van der Waals surface area (Å²) in [4.78, 5) is 19.2. The van der Waals surface area contributed by atoms with Crippen molar-refractivity contribution in [2.45, 2.75) is 57.4 Å². The van der Waals surface area contributed by atoms with E-state index in [4.69, 9.17) is 4.98 Å². The van der Waals surface area contributed by atoms with Gasteiger partial charge in [0.05, 0.1) is 11.0 Å². The van der Waals surface area contributed by atoms with Crippen molar-refractivity contribution in [2.24, 2.45) is 5.92 Å². The summed E-state index contributed by atoms with van der Waals surface area (Å²) in [7, 11) is 0. The second-order valence-corrected chi connectivity index (χ2v) is 7.89. The van der Waals surface area contributed by atoms with Gasteiger partial charge in [-0.05, 0) is 24.5 Å². The third-order valence-electron chi connectivity index (χ3n) is 6.10. The van der Waals surface area contributed by atoms with Gasteiger partial charge in [0, 0.05) is 32.0 Å². The number of fused-ring (bicyclic) bond motifs is 1. The molecule has 0 bridgehead atoms. The Kier molecular flexibility index (Phi) is 5.09. The lowest BCUT2D eigenvalue weighted by Gasteiger charge is -2.22. The van der Waals surface area contributed by atoms with E-state index in [0.717, 1.165) is 30.3 Å². The fourth-order valence-electron chi connectivity index (χ4n) is 4.71. The highest BCUT2D eigenvalue weighted by Gasteiger charge is 2.33. The molecule has 2 aromatic rings. The van der Waals surface area contributed by atoms with Crippen LogP contribution in [0.3, 0.4) is 0 Å². The van der Waals surface area contributed by atoms with Crippen molar-refractivity contribution >= 4 is 16.9 Å². The number of amides is 1. The number of para-hydroxylation sites is 2. The smallest absolute Gasteiger partial charge is 0.223 e. The molecule has 4 heteroatoms. The normalized spacial score (nSPS) is 21.6. The molecule has 138 valence electrons. The number of carbonyl (C=O) groups is 1. The molecule has 0 spiro atoms. The van der Waals surface area contributed by atoms with Crippen LogP contribution in [-0.2, 0) is 11.3 Å². The Morgan fingerprint density at radius 1 is 1.19 bits per heavy atom. The lowest BCUT2D eigenvalue weighted by atomic mass is 9.87. The van der Waals surface area contributed by atoms with Crippen LogP contribution in [-0.4, -0.2) is 33.4 Å². The molecule has 26 heavy (non-hydrogen) atoms. The Morgan fingerprint density at radius 3 is 2.81 bits per heavy atom. The third-order valence-corrected chi connectivity index (χ3v) is 6.10. The Morgan fingerprint density at radius 2 is 2.00 bits per heavy atom. The fourth-order valence-corrected chi connectivity index (χ4v) is 4.71. The zero-order valence-corrected chi connectivity index (χ0v) is 15.6. The number of aromatic nitrogens is 2. The molecule has 1 aliphatic carbocycles. The van der Waals surface area contributed by atoms with Gasteiger partial charge in [-0.15, -0.1) is 6.58 Å². The van der Waals surface area contributed by atoms with E-state index >= 15 is 0 Å². The maximum atomic E-state index is 12.3. The fraction of sp³-hybridized carbons (Fsp3) is 0.545. The van der Waals surface area contributed by atoms with E-state index in [1.54, 1.807) is 0 Å². The molecule has 2 fully saturated rings. The van der Waals surface area contributed by atoms with Crippen molar-refractivity contribution in [3.63, 3.8) is 0 Å². The van der Waals surface area contributed by atoms with Crippen LogP contribution in [0.25, 0.3) is 11.0 Å². The molecule has 1 amide bonds. The van der Waals surface area contributed by atoms with Crippen LogP contribution >= 0.6 is 0 Å². The van der Waals surface area contributed by atoms with E-state index in [1.807, 2.05) is 11.0 Å². The number of aryl methyl sites for hydroxylation is 1. The molecule has 1 aromatic carbocycles. The molecule has 0 radical (unpaired) electrons. The Balaban J connectivity index is 1.59. The molecule has 2 aliphatic rings. The van der Waals surface area contributed by atoms with E-state index in [-0.39, 0.29) is 11.8 Å². The minimum Gasteiger partial charge on any atom is -0.338 e. The summed E-state index contributed by atoms with van der Waals surface area (Å²) in [5.74, 6) is 2.36. The number of benzene rings is 1. The predicted molar refractivity (Wildman–Crippen MR) is 105 cm³/mol. The first-order valence-electron chi connectivity index (χ1n) is 10.1. The number of likely N-dealkylation sites (tertiary alicyclic amines) is 1.